The maximum Gasteiger partial charge on any atom is 0.220 e. The molecule has 4 heteroatoms. The van der Waals surface area contributed by atoms with E-state index in [0.29, 0.717) is 11.4 Å². The highest BCUT2D eigenvalue weighted by atomic mass is 32.1. The van der Waals surface area contributed by atoms with Gasteiger partial charge in [-0.1, -0.05) is 44.8 Å². The van der Waals surface area contributed by atoms with Crippen LogP contribution in [0.1, 0.15) is 58.3 Å². The third kappa shape index (κ3) is 3.44. The number of nitrogens with one attached hydrogen (secondary N) is 1. The van der Waals surface area contributed by atoms with Gasteiger partial charge in [-0.15, -0.1) is 0 Å². The quantitative estimate of drug-likeness (QED) is 0.555. The minimum Gasteiger partial charge on any atom is -0.391 e. The molecule has 1 aliphatic rings. The summed E-state index contributed by atoms with van der Waals surface area (Å²) in [6.45, 7) is 2.13. The van der Waals surface area contributed by atoms with Crippen LogP contribution in [0.25, 0.3) is 0 Å². The first-order chi connectivity index (χ1) is 7.60. The fourth-order valence-corrected chi connectivity index (χ4v) is 2.53. The average Bonchev–Trinajstić information content (AvgIpc) is 2.68. The number of amides is 1. The Morgan fingerprint density at radius 3 is 2.50 bits per heavy atom. The van der Waals surface area contributed by atoms with Crippen LogP contribution in [-0.4, -0.2) is 16.4 Å². The lowest BCUT2D eigenvalue weighted by Crippen LogP contribution is -2.54. The van der Waals surface area contributed by atoms with Gasteiger partial charge in [0.1, 0.15) is 0 Å². The second-order valence-corrected chi connectivity index (χ2v) is 5.10. The molecule has 0 radical (unpaired) electrons. The van der Waals surface area contributed by atoms with E-state index in [1.165, 1.54) is 0 Å². The van der Waals surface area contributed by atoms with E-state index in [2.05, 4.69) is 12.2 Å². The number of nitrogens with two attached hydrogens (primary N) is 1. The molecule has 1 saturated carbocycles. The van der Waals surface area contributed by atoms with Gasteiger partial charge in [-0.2, -0.15) is 0 Å². The van der Waals surface area contributed by atoms with Gasteiger partial charge in [-0.3, -0.25) is 4.79 Å². The van der Waals surface area contributed by atoms with Gasteiger partial charge >= 0.3 is 0 Å². The molecule has 0 bridgehead atoms. The highest BCUT2D eigenvalue weighted by molar-refractivity contribution is 7.80. The van der Waals surface area contributed by atoms with Crippen molar-refractivity contribution in [3.8, 4) is 0 Å². The van der Waals surface area contributed by atoms with Gasteiger partial charge in [0.25, 0.3) is 0 Å². The zero-order valence-electron chi connectivity index (χ0n) is 10.1. The highest BCUT2D eigenvalue weighted by Gasteiger charge is 2.37. The molecule has 1 fully saturated rings. The summed E-state index contributed by atoms with van der Waals surface area (Å²) in [6.07, 6.45) is 7.80. The van der Waals surface area contributed by atoms with Crippen molar-refractivity contribution >= 4 is 23.1 Å². The number of hydrogen-bond donors (Lipinski definition) is 2. The Balaban J connectivity index is 2.43. The average molecular weight is 242 g/mol. The number of unbranched alkanes of at least 4 members (excludes halogenated alkanes) is 2. The second kappa shape index (κ2) is 6.18. The van der Waals surface area contributed by atoms with Crippen LogP contribution in [0.4, 0.5) is 0 Å². The molecule has 1 rings (SSSR count). The third-order valence-electron chi connectivity index (χ3n) is 3.31. The van der Waals surface area contributed by atoms with E-state index in [1.807, 2.05) is 0 Å². The Kier molecular flexibility index (Phi) is 5.19. The Bertz CT molecular complexity index is 260. The Hall–Kier alpha value is -0.640. The van der Waals surface area contributed by atoms with E-state index < -0.39 is 0 Å². The summed E-state index contributed by atoms with van der Waals surface area (Å²) in [5.41, 5.74) is 5.38. The molecular weight excluding hydrogens is 220 g/mol. The van der Waals surface area contributed by atoms with Crippen LogP contribution in [-0.2, 0) is 4.79 Å². The minimum absolute atomic E-state index is 0.100. The summed E-state index contributed by atoms with van der Waals surface area (Å²) >= 11 is 5.08. The van der Waals surface area contributed by atoms with E-state index in [-0.39, 0.29) is 11.4 Å². The maximum atomic E-state index is 11.8. The summed E-state index contributed by atoms with van der Waals surface area (Å²) < 4.78 is 0. The molecule has 0 heterocycles. The lowest BCUT2D eigenvalue weighted by molar-refractivity contribution is -0.122. The highest BCUT2D eigenvalue weighted by Crippen LogP contribution is 2.30. The summed E-state index contributed by atoms with van der Waals surface area (Å²) in [5, 5.41) is 3.05. The zero-order valence-corrected chi connectivity index (χ0v) is 10.9. The van der Waals surface area contributed by atoms with Gasteiger partial charge in [0.05, 0.1) is 10.5 Å². The van der Waals surface area contributed by atoms with Crippen LogP contribution in [0.2, 0.25) is 0 Å². The molecule has 0 aromatic carbocycles. The van der Waals surface area contributed by atoms with Gasteiger partial charge in [0.2, 0.25) is 5.91 Å². The number of carbonyl (C=O) groups excluding carboxylic acids is 1. The number of thiocarbonyl (C=S) groups is 1. The molecule has 3 nitrogen and oxygen atoms in total. The lowest BCUT2D eigenvalue weighted by Gasteiger charge is -2.29. The molecule has 0 atom stereocenters. The smallest absolute Gasteiger partial charge is 0.220 e. The monoisotopic (exact) mass is 242 g/mol. The van der Waals surface area contributed by atoms with Crippen molar-refractivity contribution in [2.75, 3.05) is 0 Å². The van der Waals surface area contributed by atoms with Crippen LogP contribution in [0.15, 0.2) is 0 Å². The van der Waals surface area contributed by atoms with E-state index in [9.17, 15) is 4.79 Å². The van der Waals surface area contributed by atoms with Crippen LogP contribution in [0, 0.1) is 0 Å². The Labute approximate surface area is 103 Å². The number of hydrogen-bond acceptors (Lipinski definition) is 2. The largest absolute Gasteiger partial charge is 0.391 e. The fraction of sp³-hybridized carbons (Fsp3) is 0.833. The Morgan fingerprint density at radius 1 is 1.38 bits per heavy atom. The van der Waals surface area contributed by atoms with Crippen molar-refractivity contribution in [1.29, 1.82) is 0 Å². The molecule has 16 heavy (non-hydrogen) atoms. The zero-order chi connectivity index (χ0) is 12.0. The molecule has 1 aliphatic carbocycles. The van der Waals surface area contributed by atoms with Gasteiger partial charge in [0.15, 0.2) is 0 Å². The normalized spacial score (nSPS) is 18.3. The SMILES string of the molecule is CCCCCC(=O)NC1(C(N)=S)CCCC1. The third-order valence-corrected chi connectivity index (χ3v) is 3.71. The van der Waals surface area contributed by atoms with Gasteiger partial charge in [-0.25, -0.2) is 0 Å². The van der Waals surface area contributed by atoms with E-state index >= 15 is 0 Å². The molecule has 0 unspecified atom stereocenters. The molecule has 1 amide bonds. The summed E-state index contributed by atoms with van der Waals surface area (Å²) in [6, 6.07) is 0. The van der Waals surface area contributed by atoms with Crippen molar-refractivity contribution in [1.82, 2.24) is 5.32 Å². The van der Waals surface area contributed by atoms with Crippen LogP contribution < -0.4 is 11.1 Å². The summed E-state index contributed by atoms with van der Waals surface area (Å²) in [7, 11) is 0. The predicted octanol–water partition coefficient (Wildman–Crippen LogP) is 2.28. The lowest BCUT2D eigenvalue weighted by atomic mass is 9.97. The van der Waals surface area contributed by atoms with E-state index in [4.69, 9.17) is 18.0 Å². The van der Waals surface area contributed by atoms with Crippen molar-refractivity contribution < 1.29 is 4.79 Å². The van der Waals surface area contributed by atoms with E-state index in [0.717, 1.165) is 44.9 Å². The van der Waals surface area contributed by atoms with E-state index in [1.54, 1.807) is 0 Å². The molecule has 92 valence electrons. The van der Waals surface area contributed by atoms with Gasteiger partial charge < -0.3 is 11.1 Å². The minimum atomic E-state index is -0.376. The first kappa shape index (κ1) is 13.4. The van der Waals surface area contributed by atoms with Crippen molar-refractivity contribution in [3.63, 3.8) is 0 Å². The standard InChI is InChI=1S/C12H22N2OS/c1-2-3-4-7-10(15)14-12(11(13)16)8-5-6-9-12/h2-9H2,1H3,(H2,13,16)(H,14,15). The molecule has 0 aromatic heterocycles. The van der Waals surface area contributed by atoms with Crippen LogP contribution >= 0.6 is 12.2 Å². The molecule has 0 saturated heterocycles. The first-order valence-corrected chi connectivity index (χ1v) is 6.62. The van der Waals surface area contributed by atoms with Gasteiger partial charge in [-0.05, 0) is 19.3 Å². The fourth-order valence-electron chi connectivity index (χ4n) is 2.28. The molecule has 0 spiro atoms. The number of carbonyl (C=O) groups is 1. The molecule has 0 aliphatic heterocycles. The molecular formula is C12H22N2OS. The van der Waals surface area contributed by atoms with Crippen LogP contribution in [0.3, 0.4) is 0 Å². The molecule has 3 N–H and O–H groups in total. The summed E-state index contributed by atoms with van der Waals surface area (Å²) in [5.74, 6) is 0.100. The van der Waals surface area contributed by atoms with Crippen LogP contribution in [0.5, 0.6) is 0 Å². The Morgan fingerprint density at radius 2 is 2.00 bits per heavy atom. The summed E-state index contributed by atoms with van der Waals surface area (Å²) in [4.78, 5) is 12.2. The van der Waals surface area contributed by atoms with Crippen molar-refractivity contribution in [2.24, 2.45) is 5.73 Å². The first-order valence-electron chi connectivity index (χ1n) is 6.21. The van der Waals surface area contributed by atoms with Crippen molar-refractivity contribution in [3.05, 3.63) is 0 Å². The molecule has 0 aromatic rings. The second-order valence-electron chi connectivity index (χ2n) is 4.66. The van der Waals surface area contributed by atoms with Crippen molar-refractivity contribution in [2.45, 2.75) is 63.8 Å². The number of rotatable bonds is 6. The topological polar surface area (TPSA) is 55.1 Å². The maximum absolute atomic E-state index is 11.8. The van der Waals surface area contributed by atoms with Gasteiger partial charge in [0, 0.05) is 6.42 Å². The predicted molar refractivity (Wildman–Crippen MR) is 70.3 cm³/mol.